The fourth-order valence-corrected chi connectivity index (χ4v) is 3.33. The number of oxime groups is 1. The van der Waals surface area contributed by atoms with Gasteiger partial charge in [0.2, 0.25) is 0 Å². The summed E-state index contributed by atoms with van der Waals surface area (Å²) in [5, 5.41) is 12.3. The van der Waals surface area contributed by atoms with Gasteiger partial charge in [-0.1, -0.05) is 44.0 Å². The Labute approximate surface area is 127 Å². The van der Waals surface area contributed by atoms with Crippen molar-refractivity contribution in [3.05, 3.63) is 29.3 Å². The van der Waals surface area contributed by atoms with Gasteiger partial charge in [-0.2, -0.15) is 0 Å². The Morgan fingerprint density at radius 3 is 2.62 bits per heavy atom. The number of benzene rings is 1. The summed E-state index contributed by atoms with van der Waals surface area (Å²) >= 11 is 0. The van der Waals surface area contributed by atoms with Crippen LogP contribution in [0, 0.1) is 12.8 Å². The highest BCUT2D eigenvalue weighted by molar-refractivity contribution is 6.02. The Kier molecular flexibility index (Phi) is 5.10. The van der Waals surface area contributed by atoms with Gasteiger partial charge < -0.3 is 15.8 Å². The molecule has 0 amide bonds. The van der Waals surface area contributed by atoms with Crippen molar-refractivity contribution < 1.29 is 5.21 Å². The molecular weight excluding hydrogens is 262 g/mol. The average molecular weight is 289 g/mol. The molecule has 4 nitrogen and oxygen atoms in total. The maximum absolute atomic E-state index is 9.08. The highest BCUT2D eigenvalue weighted by Crippen LogP contribution is 2.33. The summed E-state index contributed by atoms with van der Waals surface area (Å²) in [6.45, 7) is 7.58. The first-order valence-corrected chi connectivity index (χ1v) is 7.88. The van der Waals surface area contributed by atoms with Crippen LogP contribution in [0.2, 0.25) is 0 Å². The molecule has 0 heterocycles. The van der Waals surface area contributed by atoms with Gasteiger partial charge in [-0.05, 0) is 37.3 Å². The maximum atomic E-state index is 9.08. The minimum Gasteiger partial charge on any atom is -0.409 e. The third kappa shape index (κ3) is 3.49. The molecule has 0 atom stereocenters. The molecule has 4 heteroatoms. The van der Waals surface area contributed by atoms with Crippen LogP contribution in [0.25, 0.3) is 0 Å². The lowest BCUT2D eigenvalue weighted by Crippen LogP contribution is -2.38. The number of hydrogen-bond acceptors (Lipinski definition) is 3. The van der Waals surface area contributed by atoms with Crippen LogP contribution < -0.4 is 10.6 Å². The molecule has 0 aliphatic heterocycles. The normalized spacial score (nSPS) is 16.7. The third-order valence-corrected chi connectivity index (χ3v) is 4.24. The summed E-state index contributed by atoms with van der Waals surface area (Å²) in [5.74, 6) is 0.769. The molecule has 1 saturated carbocycles. The van der Waals surface area contributed by atoms with Crippen molar-refractivity contribution in [3.63, 3.8) is 0 Å². The van der Waals surface area contributed by atoms with Gasteiger partial charge >= 0.3 is 0 Å². The van der Waals surface area contributed by atoms with Gasteiger partial charge in [-0.15, -0.1) is 0 Å². The van der Waals surface area contributed by atoms with E-state index < -0.39 is 0 Å². The highest BCUT2D eigenvalue weighted by Gasteiger charge is 2.27. The van der Waals surface area contributed by atoms with E-state index in [1.165, 1.54) is 31.2 Å². The number of nitrogens with two attached hydrogens (primary N) is 1. The number of anilines is 1. The predicted molar refractivity (Wildman–Crippen MR) is 88.1 cm³/mol. The van der Waals surface area contributed by atoms with Gasteiger partial charge in [0, 0.05) is 18.2 Å². The molecule has 0 spiro atoms. The Morgan fingerprint density at radius 2 is 2.05 bits per heavy atom. The van der Waals surface area contributed by atoms with Crippen molar-refractivity contribution in [1.82, 2.24) is 0 Å². The maximum Gasteiger partial charge on any atom is 0.172 e. The molecule has 2 rings (SSSR count). The molecule has 0 bridgehead atoms. The summed E-state index contributed by atoms with van der Waals surface area (Å²) in [6, 6.07) is 6.58. The molecule has 1 fully saturated rings. The first kappa shape index (κ1) is 15.7. The molecule has 1 aliphatic rings. The summed E-state index contributed by atoms with van der Waals surface area (Å²) < 4.78 is 0. The molecule has 3 N–H and O–H groups in total. The fraction of sp³-hybridized carbons (Fsp3) is 0.588. The number of rotatable bonds is 5. The van der Waals surface area contributed by atoms with E-state index in [2.05, 4.69) is 36.9 Å². The molecule has 116 valence electrons. The largest absolute Gasteiger partial charge is 0.409 e. The molecule has 1 aromatic carbocycles. The minimum absolute atomic E-state index is 0.195. The van der Waals surface area contributed by atoms with Crippen molar-refractivity contribution in [2.45, 2.75) is 52.5 Å². The van der Waals surface area contributed by atoms with Crippen LogP contribution in [-0.2, 0) is 0 Å². The van der Waals surface area contributed by atoms with Crippen LogP contribution in [0.4, 0.5) is 5.69 Å². The van der Waals surface area contributed by atoms with Gasteiger partial charge in [0.25, 0.3) is 0 Å². The summed E-state index contributed by atoms with van der Waals surface area (Å²) in [4.78, 5) is 2.49. The van der Waals surface area contributed by atoms with E-state index in [0.29, 0.717) is 12.0 Å². The van der Waals surface area contributed by atoms with Crippen molar-refractivity contribution in [2.75, 3.05) is 11.4 Å². The lowest BCUT2D eigenvalue weighted by atomic mass is 10.0. The summed E-state index contributed by atoms with van der Waals surface area (Å²) in [7, 11) is 0. The Morgan fingerprint density at radius 1 is 1.38 bits per heavy atom. The molecule has 1 aliphatic carbocycles. The van der Waals surface area contributed by atoms with Crippen LogP contribution in [0.15, 0.2) is 23.4 Å². The number of aryl methyl sites for hydroxylation is 1. The topological polar surface area (TPSA) is 61.9 Å². The van der Waals surface area contributed by atoms with E-state index in [9.17, 15) is 0 Å². The fourth-order valence-electron chi connectivity index (χ4n) is 3.33. The molecule has 21 heavy (non-hydrogen) atoms. The van der Waals surface area contributed by atoms with Gasteiger partial charge in [-0.25, -0.2) is 0 Å². The highest BCUT2D eigenvalue weighted by atomic mass is 16.4. The molecule has 0 aromatic heterocycles. The lowest BCUT2D eigenvalue weighted by Gasteiger charge is -2.35. The number of nitrogens with zero attached hydrogens (tertiary/aromatic N) is 2. The quantitative estimate of drug-likeness (QED) is 0.377. The molecule has 1 aromatic rings. The van der Waals surface area contributed by atoms with E-state index in [4.69, 9.17) is 10.9 Å². The van der Waals surface area contributed by atoms with E-state index in [1.807, 2.05) is 12.1 Å². The van der Waals surface area contributed by atoms with Crippen LogP contribution in [0.5, 0.6) is 0 Å². The van der Waals surface area contributed by atoms with Crippen molar-refractivity contribution in [2.24, 2.45) is 16.8 Å². The predicted octanol–water partition coefficient (Wildman–Crippen LogP) is 3.49. The van der Waals surface area contributed by atoms with E-state index in [1.54, 1.807) is 0 Å². The molecular formula is C17H27N3O. The first-order chi connectivity index (χ1) is 10.0. The van der Waals surface area contributed by atoms with Crippen LogP contribution >= 0.6 is 0 Å². The van der Waals surface area contributed by atoms with E-state index in [0.717, 1.165) is 17.8 Å². The van der Waals surface area contributed by atoms with E-state index >= 15 is 0 Å². The van der Waals surface area contributed by atoms with Crippen LogP contribution in [0.3, 0.4) is 0 Å². The van der Waals surface area contributed by atoms with Gasteiger partial charge in [-0.3, -0.25) is 0 Å². The monoisotopic (exact) mass is 289 g/mol. The smallest absolute Gasteiger partial charge is 0.172 e. The SMILES string of the molecule is Cc1cccc(/C(N)=N/O)c1N(CC(C)C)C1CCCC1. The first-order valence-electron chi connectivity index (χ1n) is 7.88. The van der Waals surface area contributed by atoms with Gasteiger partial charge in [0.05, 0.1) is 5.69 Å². The van der Waals surface area contributed by atoms with Gasteiger partial charge in [0.15, 0.2) is 5.84 Å². The van der Waals surface area contributed by atoms with Crippen molar-refractivity contribution in [3.8, 4) is 0 Å². The lowest BCUT2D eigenvalue weighted by molar-refractivity contribution is 0.318. The second-order valence-electron chi connectivity index (χ2n) is 6.44. The minimum atomic E-state index is 0.195. The van der Waals surface area contributed by atoms with Crippen molar-refractivity contribution in [1.29, 1.82) is 0 Å². The number of amidine groups is 1. The molecule has 0 radical (unpaired) electrons. The van der Waals surface area contributed by atoms with Crippen molar-refractivity contribution >= 4 is 11.5 Å². The number of para-hydroxylation sites is 1. The second-order valence-corrected chi connectivity index (χ2v) is 6.44. The Hall–Kier alpha value is -1.71. The van der Waals surface area contributed by atoms with Crippen LogP contribution in [-0.4, -0.2) is 23.6 Å². The zero-order valence-corrected chi connectivity index (χ0v) is 13.3. The zero-order valence-electron chi connectivity index (χ0n) is 13.3. The average Bonchev–Trinajstić information content (AvgIpc) is 2.98. The second kappa shape index (κ2) is 6.83. The zero-order chi connectivity index (χ0) is 15.4. The summed E-state index contributed by atoms with van der Waals surface area (Å²) in [5.41, 5.74) is 9.06. The molecule has 0 unspecified atom stereocenters. The van der Waals surface area contributed by atoms with Crippen LogP contribution in [0.1, 0.15) is 50.7 Å². The van der Waals surface area contributed by atoms with Gasteiger partial charge in [0.1, 0.15) is 0 Å². The number of hydrogen-bond donors (Lipinski definition) is 2. The Bertz CT molecular complexity index is 505. The summed E-state index contributed by atoms with van der Waals surface area (Å²) in [6.07, 6.45) is 5.06. The Balaban J connectivity index is 2.47. The van der Waals surface area contributed by atoms with E-state index in [-0.39, 0.29) is 5.84 Å². The molecule has 0 saturated heterocycles. The standard InChI is InChI=1S/C17H27N3O/c1-12(2)11-20(14-8-4-5-9-14)16-13(3)7-6-10-15(16)17(18)19-21/h6-7,10,12,14,21H,4-5,8-9,11H2,1-3H3,(H2,18,19). The third-order valence-electron chi connectivity index (χ3n) is 4.24.